The zero-order chi connectivity index (χ0) is 20.9. The number of hydrogen-bond acceptors (Lipinski definition) is 4. The second-order valence-corrected chi connectivity index (χ2v) is 6.71. The molecule has 0 saturated heterocycles. The molecule has 0 fully saturated rings. The summed E-state index contributed by atoms with van der Waals surface area (Å²) in [6.07, 6.45) is 0. The summed E-state index contributed by atoms with van der Waals surface area (Å²) in [7, 11) is 0. The molecule has 0 aromatic heterocycles. The van der Waals surface area contributed by atoms with Gasteiger partial charge in [-0.3, -0.25) is 9.59 Å². The highest BCUT2D eigenvalue weighted by molar-refractivity contribution is 6.04. The quantitative estimate of drug-likeness (QED) is 0.676. The highest BCUT2D eigenvalue weighted by Gasteiger charge is 2.15. The van der Waals surface area contributed by atoms with E-state index in [1.54, 1.807) is 36.4 Å². The number of amides is 2. The van der Waals surface area contributed by atoms with Crippen LogP contribution >= 0.6 is 0 Å². The average Bonchev–Trinajstić information content (AvgIpc) is 2.77. The lowest BCUT2D eigenvalue weighted by Gasteiger charge is -2.18. The highest BCUT2D eigenvalue weighted by Crippen LogP contribution is 2.30. The van der Waals surface area contributed by atoms with Gasteiger partial charge in [0.15, 0.2) is 11.5 Å². The number of hydrogen-bond donors (Lipinski definition) is 2. The van der Waals surface area contributed by atoms with E-state index in [4.69, 9.17) is 9.47 Å². The fourth-order valence-electron chi connectivity index (χ4n) is 3.06. The van der Waals surface area contributed by atoms with Crippen LogP contribution in [0.3, 0.4) is 0 Å². The number of carbonyl (C=O) groups excluding carboxylic acids is 2. The van der Waals surface area contributed by atoms with E-state index in [1.807, 2.05) is 6.07 Å². The van der Waals surface area contributed by atoms with Gasteiger partial charge < -0.3 is 20.1 Å². The summed E-state index contributed by atoms with van der Waals surface area (Å²) in [4.78, 5) is 24.7. The number of anilines is 1. The highest BCUT2D eigenvalue weighted by atomic mass is 19.1. The average molecular weight is 406 g/mol. The van der Waals surface area contributed by atoms with Gasteiger partial charge in [0.1, 0.15) is 19.0 Å². The molecule has 30 heavy (non-hydrogen) atoms. The van der Waals surface area contributed by atoms with E-state index in [2.05, 4.69) is 10.6 Å². The SMILES string of the molecule is O=C(NCc1cccc(NC(=O)c2cccc(F)c2)c1)c1ccc2c(c1)OCCO2. The second-order valence-electron chi connectivity index (χ2n) is 6.71. The molecule has 152 valence electrons. The number of benzene rings is 3. The van der Waals surface area contributed by atoms with Crippen molar-refractivity contribution in [3.63, 3.8) is 0 Å². The summed E-state index contributed by atoms with van der Waals surface area (Å²) >= 11 is 0. The first-order valence-electron chi connectivity index (χ1n) is 9.42. The van der Waals surface area contributed by atoms with Crippen molar-refractivity contribution in [3.05, 3.63) is 89.2 Å². The molecule has 2 amide bonds. The van der Waals surface area contributed by atoms with Gasteiger partial charge in [-0.2, -0.15) is 0 Å². The molecule has 0 spiro atoms. The summed E-state index contributed by atoms with van der Waals surface area (Å²) in [5.41, 5.74) is 2.05. The molecule has 1 aliphatic rings. The van der Waals surface area contributed by atoms with Gasteiger partial charge in [-0.15, -0.1) is 0 Å². The molecule has 0 atom stereocenters. The van der Waals surface area contributed by atoms with Gasteiger partial charge in [0.2, 0.25) is 0 Å². The zero-order valence-corrected chi connectivity index (χ0v) is 16.0. The Morgan fingerprint density at radius 3 is 2.43 bits per heavy atom. The molecular formula is C23H19FN2O4. The normalized spacial score (nSPS) is 12.2. The van der Waals surface area contributed by atoms with E-state index in [9.17, 15) is 14.0 Å². The Bertz CT molecular complexity index is 1100. The fraction of sp³-hybridized carbons (Fsp3) is 0.130. The van der Waals surface area contributed by atoms with Crippen LogP contribution in [0.5, 0.6) is 11.5 Å². The van der Waals surface area contributed by atoms with Crippen LogP contribution in [-0.4, -0.2) is 25.0 Å². The maximum Gasteiger partial charge on any atom is 0.255 e. The lowest BCUT2D eigenvalue weighted by molar-refractivity contribution is 0.0948. The van der Waals surface area contributed by atoms with Crippen LogP contribution in [0.4, 0.5) is 10.1 Å². The summed E-state index contributed by atoms with van der Waals surface area (Å²) in [5, 5.41) is 5.57. The standard InChI is InChI=1S/C23H19FN2O4/c24-18-5-2-4-16(12-18)23(28)26-19-6-1-3-15(11-19)14-25-22(27)17-7-8-20-21(13-17)30-10-9-29-20/h1-8,11-13H,9-10,14H2,(H,25,27)(H,26,28). The minimum absolute atomic E-state index is 0.229. The molecule has 1 aliphatic heterocycles. The van der Waals surface area contributed by atoms with E-state index in [0.29, 0.717) is 36.0 Å². The lowest BCUT2D eigenvalue weighted by atomic mass is 10.1. The van der Waals surface area contributed by atoms with Gasteiger partial charge in [-0.1, -0.05) is 18.2 Å². The van der Waals surface area contributed by atoms with E-state index in [1.165, 1.54) is 24.3 Å². The monoisotopic (exact) mass is 406 g/mol. The number of carbonyl (C=O) groups is 2. The summed E-state index contributed by atoms with van der Waals surface area (Å²) in [6.45, 7) is 1.22. The van der Waals surface area contributed by atoms with Crippen LogP contribution in [0.15, 0.2) is 66.7 Å². The van der Waals surface area contributed by atoms with Crippen molar-refractivity contribution in [1.29, 1.82) is 0 Å². The Morgan fingerprint density at radius 1 is 0.833 bits per heavy atom. The van der Waals surface area contributed by atoms with E-state index in [-0.39, 0.29) is 18.0 Å². The Hall–Kier alpha value is -3.87. The van der Waals surface area contributed by atoms with Crippen LogP contribution in [0.2, 0.25) is 0 Å². The summed E-state index contributed by atoms with van der Waals surface area (Å²) < 4.78 is 24.3. The number of fused-ring (bicyclic) bond motifs is 1. The van der Waals surface area contributed by atoms with Crippen LogP contribution < -0.4 is 20.1 Å². The van der Waals surface area contributed by atoms with Crippen molar-refractivity contribution in [2.45, 2.75) is 6.54 Å². The molecule has 0 aliphatic carbocycles. The van der Waals surface area contributed by atoms with Crippen molar-refractivity contribution in [2.75, 3.05) is 18.5 Å². The first kappa shape index (κ1) is 19.4. The van der Waals surface area contributed by atoms with Crippen LogP contribution in [0, 0.1) is 5.82 Å². The molecule has 1 heterocycles. The van der Waals surface area contributed by atoms with Gasteiger partial charge in [-0.05, 0) is 54.1 Å². The molecule has 0 unspecified atom stereocenters. The van der Waals surface area contributed by atoms with Crippen molar-refractivity contribution >= 4 is 17.5 Å². The molecular weight excluding hydrogens is 387 g/mol. The Labute approximate surface area is 172 Å². The van der Waals surface area contributed by atoms with Crippen LogP contribution in [0.1, 0.15) is 26.3 Å². The predicted octanol–water partition coefficient (Wildman–Crippen LogP) is 3.78. The van der Waals surface area contributed by atoms with Gasteiger partial charge in [-0.25, -0.2) is 4.39 Å². The number of rotatable bonds is 5. The topological polar surface area (TPSA) is 76.7 Å². The lowest BCUT2D eigenvalue weighted by Crippen LogP contribution is -2.23. The third kappa shape index (κ3) is 4.57. The smallest absolute Gasteiger partial charge is 0.255 e. The molecule has 0 radical (unpaired) electrons. The second kappa shape index (κ2) is 8.65. The van der Waals surface area contributed by atoms with E-state index >= 15 is 0 Å². The number of nitrogens with one attached hydrogen (secondary N) is 2. The molecule has 3 aromatic rings. The first-order chi connectivity index (χ1) is 14.6. The Kier molecular flexibility index (Phi) is 5.61. The minimum Gasteiger partial charge on any atom is -0.486 e. The Morgan fingerprint density at radius 2 is 1.60 bits per heavy atom. The zero-order valence-electron chi connectivity index (χ0n) is 16.0. The van der Waals surface area contributed by atoms with Crippen LogP contribution in [0.25, 0.3) is 0 Å². The fourth-order valence-corrected chi connectivity index (χ4v) is 3.06. The molecule has 3 aromatic carbocycles. The molecule has 7 heteroatoms. The van der Waals surface area contributed by atoms with Gasteiger partial charge in [0, 0.05) is 23.4 Å². The maximum atomic E-state index is 13.3. The summed E-state index contributed by atoms with van der Waals surface area (Å²) in [5.74, 6) is 0.0434. The van der Waals surface area contributed by atoms with Gasteiger partial charge >= 0.3 is 0 Å². The molecule has 4 rings (SSSR count). The van der Waals surface area contributed by atoms with Crippen molar-refractivity contribution in [2.24, 2.45) is 0 Å². The number of halogens is 1. The molecule has 0 bridgehead atoms. The largest absolute Gasteiger partial charge is 0.486 e. The first-order valence-corrected chi connectivity index (χ1v) is 9.42. The summed E-state index contributed by atoms with van der Waals surface area (Å²) in [6, 6.07) is 17.6. The third-order valence-electron chi connectivity index (χ3n) is 4.53. The molecule has 2 N–H and O–H groups in total. The predicted molar refractivity (Wildman–Crippen MR) is 109 cm³/mol. The van der Waals surface area contributed by atoms with Crippen LogP contribution in [-0.2, 0) is 6.54 Å². The molecule has 6 nitrogen and oxygen atoms in total. The third-order valence-corrected chi connectivity index (χ3v) is 4.53. The van der Waals surface area contributed by atoms with Crippen molar-refractivity contribution < 1.29 is 23.5 Å². The van der Waals surface area contributed by atoms with Gasteiger partial charge in [0.25, 0.3) is 11.8 Å². The van der Waals surface area contributed by atoms with E-state index in [0.717, 1.165) is 5.56 Å². The maximum absolute atomic E-state index is 13.3. The van der Waals surface area contributed by atoms with Crippen molar-refractivity contribution in [3.8, 4) is 11.5 Å². The Balaban J connectivity index is 1.38. The number of ether oxygens (including phenoxy) is 2. The minimum atomic E-state index is -0.474. The van der Waals surface area contributed by atoms with Gasteiger partial charge in [0.05, 0.1) is 0 Å². The van der Waals surface area contributed by atoms with Crippen molar-refractivity contribution in [1.82, 2.24) is 5.32 Å². The van der Waals surface area contributed by atoms with E-state index < -0.39 is 11.7 Å². The molecule has 0 saturated carbocycles.